The van der Waals surface area contributed by atoms with E-state index in [-0.39, 0.29) is 5.97 Å². The maximum Gasteiger partial charge on any atom is 0.315 e. The number of esters is 1. The molecule has 0 radical (unpaired) electrons. The van der Waals surface area contributed by atoms with Gasteiger partial charge in [0.15, 0.2) is 0 Å². The van der Waals surface area contributed by atoms with Gasteiger partial charge in [-0.2, -0.15) is 0 Å². The second-order valence-electron chi connectivity index (χ2n) is 3.59. The molecule has 2 nitrogen and oxygen atoms in total. The molecule has 0 spiro atoms. The van der Waals surface area contributed by atoms with E-state index < -0.39 is 0 Å². The molecule has 0 aliphatic carbocycles. The molecule has 72 valence electrons. The van der Waals surface area contributed by atoms with Crippen LogP contribution in [0, 0.1) is 5.41 Å². The standard InChI is InChI=1S/C9H18O2S/c1-5-9(2,3)7-12-6-8(10)11-4/h5-7H2,1-4H3. The van der Waals surface area contributed by atoms with Gasteiger partial charge in [-0.15, -0.1) is 11.8 Å². The molecule has 0 aromatic heterocycles. The Labute approximate surface area is 79.1 Å². The SMILES string of the molecule is CCC(C)(C)CSCC(=O)OC. The third kappa shape index (κ3) is 5.47. The number of carbonyl (C=O) groups is 1. The zero-order valence-electron chi connectivity index (χ0n) is 8.35. The van der Waals surface area contributed by atoms with Crippen molar-refractivity contribution in [3.8, 4) is 0 Å². The van der Waals surface area contributed by atoms with E-state index in [0.29, 0.717) is 11.2 Å². The predicted octanol–water partition coefficient (Wildman–Crippen LogP) is 2.33. The lowest BCUT2D eigenvalue weighted by atomic mass is 9.93. The predicted molar refractivity (Wildman–Crippen MR) is 53.4 cm³/mol. The largest absolute Gasteiger partial charge is 0.468 e. The zero-order chi connectivity index (χ0) is 9.61. The highest BCUT2D eigenvalue weighted by molar-refractivity contribution is 7.99. The molecule has 0 N–H and O–H groups in total. The maximum atomic E-state index is 10.7. The fourth-order valence-electron chi connectivity index (χ4n) is 0.572. The Kier molecular flexibility index (Phi) is 5.38. The van der Waals surface area contributed by atoms with Crippen LogP contribution in [0.4, 0.5) is 0 Å². The van der Waals surface area contributed by atoms with Crippen LogP contribution >= 0.6 is 11.8 Å². The van der Waals surface area contributed by atoms with Crippen LogP contribution in [-0.2, 0) is 9.53 Å². The Morgan fingerprint density at radius 2 is 2.08 bits per heavy atom. The first kappa shape index (κ1) is 11.8. The lowest BCUT2D eigenvalue weighted by Gasteiger charge is -2.21. The van der Waals surface area contributed by atoms with Gasteiger partial charge < -0.3 is 4.74 Å². The summed E-state index contributed by atoms with van der Waals surface area (Å²) in [6.07, 6.45) is 1.14. The normalized spacial score (nSPS) is 11.3. The van der Waals surface area contributed by atoms with Crippen molar-refractivity contribution in [3.05, 3.63) is 0 Å². The molecule has 0 aromatic rings. The molecular formula is C9H18O2S. The fourth-order valence-corrected chi connectivity index (χ4v) is 1.71. The summed E-state index contributed by atoms with van der Waals surface area (Å²) in [6.45, 7) is 6.58. The van der Waals surface area contributed by atoms with E-state index >= 15 is 0 Å². The van der Waals surface area contributed by atoms with Gasteiger partial charge in [-0.25, -0.2) is 0 Å². The summed E-state index contributed by atoms with van der Waals surface area (Å²) in [6, 6.07) is 0. The van der Waals surface area contributed by atoms with Crippen molar-refractivity contribution < 1.29 is 9.53 Å². The van der Waals surface area contributed by atoms with E-state index in [0.717, 1.165) is 12.2 Å². The van der Waals surface area contributed by atoms with Crippen molar-refractivity contribution in [2.24, 2.45) is 5.41 Å². The van der Waals surface area contributed by atoms with E-state index in [1.165, 1.54) is 7.11 Å². The lowest BCUT2D eigenvalue weighted by Crippen LogP contribution is -2.15. The molecule has 0 rings (SSSR count). The Morgan fingerprint density at radius 1 is 1.50 bits per heavy atom. The van der Waals surface area contributed by atoms with Gasteiger partial charge in [0.1, 0.15) is 0 Å². The third-order valence-electron chi connectivity index (χ3n) is 1.90. The summed E-state index contributed by atoms with van der Waals surface area (Å²) in [5.74, 6) is 1.35. The van der Waals surface area contributed by atoms with Crippen molar-refractivity contribution in [3.63, 3.8) is 0 Å². The van der Waals surface area contributed by atoms with Gasteiger partial charge in [-0.05, 0) is 11.2 Å². The van der Waals surface area contributed by atoms with Crippen molar-refractivity contribution in [2.75, 3.05) is 18.6 Å². The number of hydrogen-bond acceptors (Lipinski definition) is 3. The number of thioether (sulfide) groups is 1. The number of ether oxygens (including phenoxy) is 1. The van der Waals surface area contributed by atoms with Crippen molar-refractivity contribution in [1.82, 2.24) is 0 Å². The van der Waals surface area contributed by atoms with Gasteiger partial charge in [-0.1, -0.05) is 27.2 Å². The summed E-state index contributed by atoms with van der Waals surface area (Å²) < 4.78 is 4.54. The molecule has 0 aliphatic heterocycles. The minimum Gasteiger partial charge on any atom is -0.468 e. The van der Waals surface area contributed by atoms with Crippen molar-refractivity contribution in [2.45, 2.75) is 27.2 Å². The van der Waals surface area contributed by atoms with E-state index in [4.69, 9.17) is 0 Å². The van der Waals surface area contributed by atoms with Crippen molar-refractivity contribution >= 4 is 17.7 Å². The van der Waals surface area contributed by atoms with Crippen LogP contribution in [0.2, 0.25) is 0 Å². The number of rotatable bonds is 5. The Hall–Kier alpha value is -0.180. The summed E-state index contributed by atoms with van der Waals surface area (Å²) >= 11 is 1.64. The smallest absolute Gasteiger partial charge is 0.315 e. The number of carbonyl (C=O) groups excluding carboxylic acids is 1. The van der Waals surface area contributed by atoms with Gasteiger partial charge >= 0.3 is 5.97 Å². The highest BCUT2D eigenvalue weighted by atomic mass is 32.2. The molecule has 12 heavy (non-hydrogen) atoms. The van der Waals surface area contributed by atoms with Crippen LogP contribution in [-0.4, -0.2) is 24.6 Å². The summed E-state index contributed by atoms with van der Waals surface area (Å²) in [5, 5.41) is 0. The van der Waals surface area contributed by atoms with Crippen LogP contribution in [0.25, 0.3) is 0 Å². The second-order valence-corrected chi connectivity index (χ2v) is 4.57. The van der Waals surface area contributed by atoms with Crippen LogP contribution in [0.15, 0.2) is 0 Å². The molecule has 0 aromatic carbocycles. The highest BCUT2D eigenvalue weighted by Crippen LogP contribution is 2.24. The Morgan fingerprint density at radius 3 is 2.50 bits per heavy atom. The molecule has 0 saturated heterocycles. The minimum absolute atomic E-state index is 0.132. The van der Waals surface area contributed by atoms with Crippen LogP contribution in [0.3, 0.4) is 0 Å². The lowest BCUT2D eigenvalue weighted by molar-refractivity contribution is -0.137. The molecule has 0 saturated carbocycles. The molecule has 0 atom stereocenters. The van der Waals surface area contributed by atoms with E-state index in [2.05, 4.69) is 25.5 Å². The van der Waals surface area contributed by atoms with Gasteiger partial charge in [0.05, 0.1) is 12.9 Å². The molecule has 0 amide bonds. The minimum atomic E-state index is -0.132. The van der Waals surface area contributed by atoms with E-state index in [1.807, 2.05) is 0 Å². The maximum absolute atomic E-state index is 10.7. The summed E-state index contributed by atoms with van der Waals surface area (Å²) in [5.41, 5.74) is 0.332. The van der Waals surface area contributed by atoms with Crippen molar-refractivity contribution in [1.29, 1.82) is 0 Å². The number of hydrogen-bond donors (Lipinski definition) is 0. The van der Waals surface area contributed by atoms with E-state index in [9.17, 15) is 4.79 Å². The van der Waals surface area contributed by atoms with Crippen LogP contribution in [0.5, 0.6) is 0 Å². The zero-order valence-corrected chi connectivity index (χ0v) is 9.16. The van der Waals surface area contributed by atoms with Crippen LogP contribution < -0.4 is 0 Å². The number of methoxy groups -OCH3 is 1. The van der Waals surface area contributed by atoms with Crippen LogP contribution in [0.1, 0.15) is 27.2 Å². The molecule has 0 aliphatic rings. The Bertz CT molecular complexity index is 143. The molecule has 0 bridgehead atoms. The third-order valence-corrected chi connectivity index (χ3v) is 3.32. The topological polar surface area (TPSA) is 26.3 Å². The molecule has 0 heterocycles. The highest BCUT2D eigenvalue weighted by Gasteiger charge is 2.15. The van der Waals surface area contributed by atoms with Gasteiger partial charge in [0, 0.05) is 0 Å². The average Bonchev–Trinajstić information content (AvgIpc) is 2.04. The second kappa shape index (κ2) is 5.46. The first-order valence-electron chi connectivity index (χ1n) is 4.16. The quantitative estimate of drug-likeness (QED) is 0.622. The Balaban J connectivity index is 3.49. The summed E-state index contributed by atoms with van der Waals surface area (Å²) in [4.78, 5) is 10.7. The first-order valence-corrected chi connectivity index (χ1v) is 5.32. The summed E-state index contributed by atoms with van der Waals surface area (Å²) in [7, 11) is 1.42. The van der Waals surface area contributed by atoms with Gasteiger partial charge in [-0.3, -0.25) is 4.79 Å². The molecule has 0 fully saturated rings. The average molecular weight is 190 g/mol. The molecular weight excluding hydrogens is 172 g/mol. The molecule has 3 heteroatoms. The van der Waals surface area contributed by atoms with Gasteiger partial charge in [0.2, 0.25) is 0 Å². The fraction of sp³-hybridized carbons (Fsp3) is 0.889. The monoisotopic (exact) mass is 190 g/mol. The molecule has 0 unspecified atom stereocenters. The van der Waals surface area contributed by atoms with Gasteiger partial charge in [0.25, 0.3) is 0 Å². The van der Waals surface area contributed by atoms with E-state index in [1.54, 1.807) is 11.8 Å². The first-order chi connectivity index (χ1) is 5.52.